The zero-order valence-electron chi connectivity index (χ0n) is 11.5. The molecule has 2 aromatic rings. The first-order valence-electron chi connectivity index (χ1n) is 7.05. The van der Waals surface area contributed by atoms with E-state index in [-0.39, 0.29) is 0 Å². The molecular formula is C16H20N2S. The highest BCUT2D eigenvalue weighted by Gasteiger charge is 2.23. The monoisotopic (exact) mass is 272 g/mol. The second-order valence-electron chi connectivity index (χ2n) is 5.43. The van der Waals surface area contributed by atoms with Crippen LogP contribution < -0.4 is 5.32 Å². The summed E-state index contributed by atoms with van der Waals surface area (Å²) >= 11 is 1.89. The Morgan fingerprint density at radius 1 is 1.26 bits per heavy atom. The van der Waals surface area contributed by atoms with Gasteiger partial charge < -0.3 is 5.32 Å². The molecule has 1 aromatic carbocycles. The fraction of sp³-hybridized carbons (Fsp3) is 0.438. The first-order valence-corrected chi connectivity index (χ1v) is 7.87. The van der Waals surface area contributed by atoms with Crippen LogP contribution in [-0.4, -0.2) is 11.5 Å². The molecule has 3 heteroatoms. The SMILES string of the molecule is CC(C)c1sc(C2CCCN2)nc1-c1ccccc1. The van der Waals surface area contributed by atoms with Gasteiger partial charge in [0, 0.05) is 10.4 Å². The average Bonchev–Trinajstić information content (AvgIpc) is 3.08. The highest BCUT2D eigenvalue weighted by atomic mass is 32.1. The van der Waals surface area contributed by atoms with Gasteiger partial charge in [-0.2, -0.15) is 0 Å². The maximum absolute atomic E-state index is 4.94. The van der Waals surface area contributed by atoms with Crippen LogP contribution in [0.2, 0.25) is 0 Å². The van der Waals surface area contributed by atoms with Crippen molar-refractivity contribution in [3.63, 3.8) is 0 Å². The second kappa shape index (κ2) is 5.43. The molecule has 1 saturated heterocycles. The van der Waals surface area contributed by atoms with Gasteiger partial charge in [0.1, 0.15) is 5.01 Å². The van der Waals surface area contributed by atoms with E-state index in [1.54, 1.807) is 0 Å². The third kappa shape index (κ3) is 2.58. The quantitative estimate of drug-likeness (QED) is 0.898. The Morgan fingerprint density at radius 2 is 2.05 bits per heavy atom. The third-order valence-electron chi connectivity index (χ3n) is 3.60. The average molecular weight is 272 g/mol. The van der Waals surface area contributed by atoms with E-state index in [9.17, 15) is 0 Å². The molecule has 100 valence electrons. The Hall–Kier alpha value is -1.19. The Labute approximate surface area is 118 Å². The summed E-state index contributed by atoms with van der Waals surface area (Å²) in [6.45, 7) is 5.64. The van der Waals surface area contributed by atoms with Gasteiger partial charge in [0.2, 0.25) is 0 Å². The van der Waals surface area contributed by atoms with Gasteiger partial charge in [-0.1, -0.05) is 44.2 Å². The zero-order chi connectivity index (χ0) is 13.2. The van der Waals surface area contributed by atoms with Crippen LogP contribution >= 0.6 is 11.3 Å². The summed E-state index contributed by atoms with van der Waals surface area (Å²) in [5.74, 6) is 0.530. The number of nitrogens with one attached hydrogen (secondary N) is 1. The molecule has 1 aliphatic rings. The highest BCUT2D eigenvalue weighted by Crippen LogP contribution is 2.37. The number of thiazole rings is 1. The molecule has 1 atom stereocenters. The van der Waals surface area contributed by atoms with E-state index >= 15 is 0 Å². The van der Waals surface area contributed by atoms with E-state index in [1.807, 2.05) is 11.3 Å². The van der Waals surface area contributed by atoms with Gasteiger partial charge in [0.05, 0.1) is 11.7 Å². The van der Waals surface area contributed by atoms with Crippen molar-refractivity contribution < 1.29 is 0 Å². The number of benzene rings is 1. The predicted octanol–water partition coefficient (Wildman–Crippen LogP) is 4.36. The standard InChI is InChI=1S/C16H20N2S/c1-11(2)15-14(12-7-4-3-5-8-12)18-16(19-15)13-9-6-10-17-13/h3-5,7-8,11,13,17H,6,9-10H2,1-2H3. The number of aromatic nitrogens is 1. The smallest absolute Gasteiger partial charge is 0.111 e. The maximum Gasteiger partial charge on any atom is 0.111 e. The van der Waals surface area contributed by atoms with E-state index in [0.717, 1.165) is 6.54 Å². The normalized spacial score (nSPS) is 19.2. The summed E-state index contributed by atoms with van der Waals surface area (Å²) in [7, 11) is 0. The summed E-state index contributed by atoms with van der Waals surface area (Å²) in [5.41, 5.74) is 2.43. The van der Waals surface area contributed by atoms with Crippen LogP contribution in [0.3, 0.4) is 0 Å². The van der Waals surface area contributed by atoms with E-state index < -0.39 is 0 Å². The van der Waals surface area contributed by atoms with Crippen molar-refractivity contribution in [1.82, 2.24) is 10.3 Å². The van der Waals surface area contributed by atoms with Gasteiger partial charge in [0.25, 0.3) is 0 Å². The Bertz CT molecular complexity index is 539. The fourth-order valence-electron chi connectivity index (χ4n) is 2.59. The largest absolute Gasteiger partial charge is 0.308 e. The minimum absolute atomic E-state index is 0.472. The Morgan fingerprint density at radius 3 is 2.68 bits per heavy atom. The lowest BCUT2D eigenvalue weighted by Crippen LogP contribution is -2.12. The molecule has 0 amide bonds. The van der Waals surface area contributed by atoms with Gasteiger partial charge in [-0.3, -0.25) is 0 Å². The van der Waals surface area contributed by atoms with E-state index in [0.29, 0.717) is 12.0 Å². The van der Waals surface area contributed by atoms with Crippen molar-refractivity contribution in [2.24, 2.45) is 0 Å². The number of nitrogens with zero attached hydrogens (tertiary/aromatic N) is 1. The maximum atomic E-state index is 4.94. The highest BCUT2D eigenvalue weighted by molar-refractivity contribution is 7.12. The first-order chi connectivity index (χ1) is 9.25. The minimum Gasteiger partial charge on any atom is -0.308 e. The molecule has 0 bridgehead atoms. The molecule has 2 heterocycles. The van der Waals surface area contributed by atoms with Crippen LogP contribution in [0.25, 0.3) is 11.3 Å². The van der Waals surface area contributed by atoms with Gasteiger partial charge >= 0.3 is 0 Å². The van der Waals surface area contributed by atoms with Gasteiger partial charge in [0.15, 0.2) is 0 Å². The molecule has 1 unspecified atom stereocenters. The molecule has 2 nitrogen and oxygen atoms in total. The second-order valence-corrected chi connectivity index (χ2v) is 6.50. The zero-order valence-corrected chi connectivity index (χ0v) is 12.3. The lowest BCUT2D eigenvalue weighted by Gasteiger charge is -2.04. The van der Waals surface area contributed by atoms with Crippen LogP contribution in [0, 0.1) is 0 Å². The summed E-state index contributed by atoms with van der Waals surface area (Å²) in [5, 5.41) is 4.82. The molecule has 0 aliphatic carbocycles. The molecule has 0 saturated carbocycles. The van der Waals surface area contributed by atoms with Crippen LogP contribution in [-0.2, 0) is 0 Å². The Balaban J connectivity index is 2.02. The van der Waals surface area contributed by atoms with Crippen LogP contribution in [0.1, 0.15) is 48.5 Å². The summed E-state index contributed by atoms with van der Waals surface area (Å²) in [6, 6.07) is 11.0. The van der Waals surface area contributed by atoms with Crippen molar-refractivity contribution >= 4 is 11.3 Å². The Kier molecular flexibility index (Phi) is 3.67. The number of rotatable bonds is 3. The van der Waals surface area contributed by atoms with Crippen molar-refractivity contribution in [3.8, 4) is 11.3 Å². The lowest BCUT2D eigenvalue weighted by atomic mass is 10.1. The van der Waals surface area contributed by atoms with Crippen LogP contribution in [0.5, 0.6) is 0 Å². The predicted molar refractivity (Wildman–Crippen MR) is 81.6 cm³/mol. The minimum atomic E-state index is 0.472. The van der Waals surface area contributed by atoms with Crippen molar-refractivity contribution in [2.75, 3.05) is 6.54 Å². The summed E-state index contributed by atoms with van der Waals surface area (Å²) in [6.07, 6.45) is 2.49. The molecular weight excluding hydrogens is 252 g/mol. The number of hydrogen-bond donors (Lipinski definition) is 1. The molecule has 1 aromatic heterocycles. The van der Waals surface area contributed by atoms with Crippen LogP contribution in [0.15, 0.2) is 30.3 Å². The van der Waals surface area contributed by atoms with Crippen molar-refractivity contribution in [2.45, 2.75) is 38.6 Å². The van der Waals surface area contributed by atoms with Crippen molar-refractivity contribution in [3.05, 3.63) is 40.2 Å². The van der Waals surface area contributed by atoms with E-state index in [1.165, 1.54) is 34.0 Å². The first kappa shape index (κ1) is 12.8. The summed E-state index contributed by atoms with van der Waals surface area (Å²) < 4.78 is 0. The molecule has 0 spiro atoms. The van der Waals surface area contributed by atoms with Crippen LogP contribution in [0.4, 0.5) is 0 Å². The van der Waals surface area contributed by atoms with Gasteiger partial charge in [-0.25, -0.2) is 4.98 Å². The van der Waals surface area contributed by atoms with Gasteiger partial charge in [-0.15, -0.1) is 11.3 Å². The van der Waals surface area contributed by atoms with Gasteiger partial charge in [-0.05, 0) is 25.3 Å². The lowest BCUT2D eigenvalue weighted by molar-refractivity contribution is 0.643. The molecule has 1 fully saturated rings. The number of hydrogen-bond acceptors (Lipinski definition) is 3. The van der Waals surface area contributed by atoms with E-state index in [2.05, 4.69) is 49.5 Å². The molecule has 0 radical (unpaired) electrons. The fourth-order valence-corrected chi connectivity index (χ4v) is 3.79. The molecule has 19 heavy (non-hydrogen) atoms. The third-order valence-corrected chi connectivity index (χ3v) is 5.07. The molecule has 1 aliphatic heterocycles. The van der Waals surface area contributed by atoms with Crippen molar-refractivity contribution in [1.29, 1.82) is 0 Å². The summed E-state index contributed by atoms with van der Waals surface area (Å²) in [4.78, 5) is 6.35. The molecule has 1 N–H and O–H groups in total. The molecule has 3 rings (SSSR count). The topological polar surface area (TPSA) is 24.9 Å². The van der Waals surface area contributed by atoms with E-state index in [4.69, 9.17) is 4.98 Å².